The van der Waals surface area contributed by atoms with Gasteiger partial charge in [-0.2, -0.15) is 0 Å². The van der Waals surface area contributed by atoms with Gasteiger partial charge in [0.25, 0.3) is 0 Å². The number of carbonyl (C=O) groups is 1. The number of nitrogens with two attached hydrogens (primary N) is 1. The van der Waals surface area contributed by atoms with Crippen LogP contribution in [-0.4, -0.2) is 25.6 Å². The van der Waals surface area contributed by atoms with E-state index in [0.717, 1.165) is 31.6 Å². The lowest BCUT2D eigenvalue weighted by molar-refractivity contribution is -0.119. The monoisotopic (exact) mass is 286 g/mol. The van der Waals surface area contributed by atoms with E-state index in [4.69, 9.17) is 10.5 Å². The number of halogens is 1. The van der Waals surface area contributed by atoms with Gasteiger partial charge in [0.15, 0.2) is 0 Å². The number of benzene rings is 1. The number of nitrogens with one attached hydrogen (secondary N) is 1. The molecule has 4 nitrogen and oxygen atoms in total. The van der Waals surface area contributed by atoms with Crippen molar-refractivity contribution in [1.82, 2.24) is 5.32 Å². The van der Waals surface area contributed by atoms with Crippen molar-refractivity contribution in [2.45, 2.75) is 26.2 Å². The Kier molecular flexibility index (Phi) is 9.94. The van der Waals surface area contributed by atoms with Gasteiger partial charge in [0.2, 0.25) is 5.91 Å². The summed E-state index contributed by atoms with van der Waals surface area (Å²) in [5.74, 6) is 0.785. The van der Waals surface area contributed by atoms with Crippen LogP contribution in [0.3, 0.4) is 0 Å². The summed E-state index contributed by atoms with van der Waals surface area (Å²) in [6.45, 7) is 3.57. The van der Waals surface area contributed by atoms with Crippen molar-refractivity contribution in [2.75, 3.05) is 19.7 Å². The Balaban J connectivity index is 0.00000324. The third kappa shape index (κ3) is 7.70. The highest BCUT2D eigenvalue weighted by atomic mass is 35.5. The Morgan fingerprint density at radius 3 is 2.58 bits per heavy atom. The lowest BCUT2D eigenvalue weighted by Crippen LogP contribution is -2.31. The number of carbonyl (C=O) groups excluding carboxylic acids is 1. The minimum Gasteiger partial charge on any atom is -0.494 e. The highest BCUT2D eigenvalue weighted by Gasteiger charge is 1.98. The van der Waals surface area contributed by atoms with Gasteiger partial charge in [-0.25, -0.2) is 0 Å². The number of hydrogen-bond acceptors (Lipinski definition) is 3. The molecule has 0 aliphatic carbocycles. The predicted octanol–water partition coefficient (Wildman–Crippen LogP) is 1.90. The first-order valence-electron chi connectivity index (χ1n) is 6.44. The van der Waals surface area contributed by atoms with E-state index in [1.54, 1.807) is 0 Å². The van der Waals surface area contributed by atoms with Crippen molar-refractivity contribution in [2.24, 2.45) is 5.73 Å². The van der Waals surface area contributed by atoms with E-state index < -0.39 is 0 Å². The molecule has 1 rings (SSSR count). The minimum atomic E-state index is -0.116. The molecule has 0 aliphatic heterocycles. The van der Waals surface area contributed by atoms with E-state index in [-0.39, 0.29) is 24.9 Å². The molecule has 108 valence electrons. The Labute approximate surface area is 121 Å². The molecule has 0 heterocycles. The van der Waals surface area contributed by atoms with Crippen LogP contribution in [0.4, 0.5) is 0 Å². The van der Waals surface area contributed by atoms with Crippen LogP contribution in [0, 0.1) is 0 Å². The summed E-state index contributed by atoms with van der Waals surface area (Å²) in [5, 5.41) is 2.74. The Bertz CT molecular complexity index is 355. The second kappa shape index (κ2) is 10.6. The van der Waals surface area contributed by atoms with Crippen molar-refractivity contribution in [3.8, 4) is 5.75 Å². The molecule has 0 unspecified atom stereocenters. The Morgan fingerprint density at radius 2 is 2.00 bits per heavy atom. The first-order valence-corrected chi connectivity index (χ1v) is 6.44. The van der Waals surface area contributed by atoms with Crippen LogP contribution >= 0.6 is 12.4 Å². The number of amides is 1. The zero-order chi connectivity index (χ0) is 13.2. The molecule has 0 radical (unpaired) electrons. The number of hydrogen-bond donors (Lipinski definition) is 2. The molecule has 0 saturated heterocycles. The lowest BCUT2D eigenvalue weighted by Gasteiger charge is -2.07. The van der Waals surface area contributed by atoms with Gasteiger partial charge >= 0.3 is 0 Å². The maximum Gasteiger partial charge on any atom is 0.233 e. The molecule has 0 bridgehead atoms. The van der Waals surface area contributed by atoms with E-state index in [1.807, 2.05) is 24.3 Å². The largest absolute Gasteiger partial charge is 0.494 e. The highest BCUT2D eigenvalue weighted by Crippen LogP contribution is 2.12. The van der Waals surface area contributed by atoms with Crippen LogP contribution in [0.25, 0.3) is 0 Å². The van der Waals surface area contributed by atoms with Crippen LogP contribution < -0.4 is 15.8 Å². The van der Waals surface area contributed by atoms with Gasteiger partial charge in [-0.05, 0) is 30.5 Å². The molecule has 0 saturated carbocycles. The molecule has 3 N–H and O–H groups in total. The summed E-state index contributed by atoms with van der Waals surface area (Å²) in [5.41, 5.74) is 6.38. The van der Waals surface area contributed by atoms with Crippen molar-refractivity contribution in [1.29, 1.82) is 0 Å². The summed E-state index contributed by atoms with van der Waals surface area (Å²) in [7, 11) is 0. The standard InChI is InChI=1S/C14H22N2O2.ClH/c1-2-3-10-18-13-6-4-12(5-7-13)8-9-16-14(17)11-15;/h4-7H,2-3,8-11,15H2,1H3,(H,16,17);1H. The molecule has 5 heteroatoms. The van der Waals surface area contributed by atoms with Crippen molar-refractivity contribution in [3.63, 3.8) is 0 Å². The molecule has 1 amide bonds. The zero-order valence-electron chi connectivity index (χ0n) is 11.4. The Hall–Kier alpha value is -1.26. The van der Waals surface area contributed by atoms with E-state index >= 15 is 0 Å². The van der Waals surface area contributed by atoms with Crippen LogP contribution in [0.2, 0.25) is 0 Å². The zero-order valence-corrected chi connectivity index (χ0v) is 12.2. The highest BCUT2D eigenvalue weighted by molar-refractivity contribution is 5.85. The molecule has 0 spiro atoms. The molecular weight excluding hydrogens is 264 g/mol. The van der Waals surface area contributed by atoms with E-state index in [9.17, 15) is 4.79 Å². The summed E-state index contributed by atoms with van der Waals surface area (Å²) in [4.78, 5) is 10.9. The molecule has 0 atom stereocenters. The van der Waals surface area contributed by atoms with Crippen molar-refractivity contribution < 1.29 is 9.53 Å². The topological polar surface area (TPSA) is 64.3 Å². The third-order valence-corrected chi connectivity index (χ3v) is 2.61. The molecule has 1 aromatic rings. The average molecular weight is 287 g/mol. The first-order chi connectivity index (χ1) is 8.76. The second-order valence-corrected chi connectivity index (χ2v) is 4.15. The average Bonchev–Trinajstić information content (AvgIpc) is 2.40. The van der Waals surface area contributed by atoms with Crippen LogP contribution in [0.1, 0.15) is 25.3 Å². The normalized spacial score (nSPS) is 9.58. The smallest absolute Gasteiger partial charge is 0.233 e. The molecular formula is C14H23ClN2O2. The number of rotatable bonds is 8. The van der Waals surface area contributed by atoms with Gasteiger partial charge in [0.05, 0.1) is 13.2 Å². The second-order valence-electron chi connectivity index (χ2n) is 4.15. The first kappa shape index (κ1) is 17.7. The maximum absolute atomic E-state index is 10.9. The summed E-state index contributed by atoms with van der Waals surface area (Å²) < 4.78 is 5.58. The fraction of sp³-hybridized carbons (Fsp3) is 0.500. The molecule has 19 heavy (non-hydrogen) atoms. The minimum absolute atomic E-state index is 0. The summed E-state index contributed by atoms with van der Waals surface area (Å²) >= 11 is 0. The van der Waals surface area contributed by atoms with Crippen LogP contribution in [0.15, 0.2) is 24.3 Å². The third-order valence-electron chi connectivity index (χ3n) is 2.61. The van der Waals surface area contributed by atoms with Gasteiger partial charge in [0, 0.05) is 6.54 Å². The molecule has 0 fully saturated rings. The fourth-order valence-electron chi connectivity index (χ4n) is 1.51. The molecule has 0 aliphatic rings. The Morgan fingerprint density at radius 1 is 1.32 bits per heavy atom. The van der Waals surface area contributed by atoms with Crippen LogP contribution in [-0.2, 0) is 11.2 Å². The lowest BCUT2D eigenvalue weighted by atomic mass is 10.1. The summed E-state index contributed by atoms with van der Waals surface area (Å²) in [6.07, 6.45) is 3.02. The van der Waals surface area contributed by atoms with E-state index in [0.29, 0.717) is 6.54 Å². The van der Waals surface area contributed by atoms with Gasteiger partial charge in [-0.3, -0.25) is 4.79 Å². The van der Waals surface area contributed by atoms with E-state index in [1.165, 1.54) is 5.56 Å². The van der Waals surface area contributed by atoms with Gasteiger partial charge in [-0.15, -0.1) is 12.4 Å². The quantitative estimate of drug-likeness (QED) is 0.718. The molecule has 1 aromatic carbocycles. The van der Waals surface area contributed by atoms with Crippen molar-refractivity contribution in [3.05, 3.63) is 29.8 Å². The fourth-order valence-corrected chi connectivity index (χ4v) is 1.51. The number of ether oxygens (including phenoxy) is 1. The van der Waals surface area contributed by atoms with Gasteiger partial charge in [-0.1, -0.05) is 25.5 Å². The summed E-state index contributed by atoms with van der Waals surface area (Å²) in [6, 6.07) is 7.98. The van der Waals surface area contributed by atoms with Gasteiger partial charge < -0.3 is 15.8 Å². The van der Waals surface area contributed by atoms with E-state index in [2.05, 4.69) is 12.2 Å². The predicted molar refractivity (Wildman–Crippen MR) is 79.9 cm³/mol. The number of unbranched alkanes of at least 4 members (excludes halogenated alkanes) is 1. The van der Waals surface area contributed by atoms with Crippen LogP contribution in [0.5, 0.6) is 5.75 Å². The maximum atomic E-state index is 10.9. The SMILES string of the molecule is CCCCOc1ccc(CCNC(=O)CN)cc1.Cl. The van der Waals surface area contributed by atoms with Crippen molar-refractivity contribution >= 4 is 18.3 Å². The van der Waals surface area contributed by atoms with Gasteiger partial charge in [0.1, 0.15) is 5.75 Å². The molecule has 0 aromatic heterocycles.